The van der Waals surface area contributed by atoms with E-state index in [1.807, 2.05) is 13.0 Å². The summed E-state index contributed by atoms with van der Waals surface area (Å²) in [7, 11) is 0. The van der Waals surface area contributed by atoms with E-state index in [9.17, 15) is 4.79 Å². The van der Waals surface area contributed by atoms with E-state index in [4.69, 9.17) is 10.5 Å². The minimum atomic E-state index is 0.136. The number of benzene rings is 2. The Morgan fingerprint density at radius 1 is 1.04 bits per heavy atom. The summed E-state index contributed by atoms with van der Waals surface area (Å²) in [6.07, 6.45) is 0.520. The highest BCUT2D eigenvalue weighted by molar-refractivity contribution is 5.97. The number of carbonyl (C=O) groups excluding carboxylic acids is 1. The quantitative estimate of drug-likeness (QED) is 0.574. The van der Waals surface area contributed by atoms with Gasteiger partial charge in [0.25, 0.3) is 0 Å². The Labute approximate surface area is 161 Å². The molecule has 0 atom stereocenters. The smallest absolute Gasteiger partial charge is 0.164 e. The van der Waals surface area contributed by atoms with E-state index in [-0.39, 0.29) is 5.78 Å². The number of anilines is 1. The van der Waals surface area contributed by atoms with Crippen molar-refractivity contribution in [2.75, 3.05) is 45.1 Å². The van der Waals surface area contributed by atoms with E-state index in [0.717, 1.165) is 39.3 Å². The summed E-state index contributed by atoms with van der Waals surface area (Å²) in [5.41, 5.74) is 8.52. The van der Waals surface area contributed by atoms with Gasteiger partial charge in [-0.15, -0.1) is 0 Å². The van der Waals surface area contributed by atoms with Gasteiger partial charge < -0.3 is 15.4 Å². The predicted octanol–water partition coefficient (Wildman–Crippen LogP) is 3.06. The van der Waals surface area contributed by atoms with Gasteiger partial charge in [-0.1, -0.05) is 30.3 Å². The maximum absolute atomic E-state index is 12.5. The van der Waals surface area contributed by atoms with Crippen LogP contribution in [-0.4, -0.2) is 54.9 Å². The van der Waals surface area contributed by atoms with Gasteiger partial charge in [0.15, 0.2) is 5.78 Å². The Hall–Kier alpha value is -2.37. The van der Waals surface area contributed by atoms with Crippen LogP contribution in [0.5, 0.6) is 5.75 Å². The fourth-order valence-corrected chi connectivity index (χ4v) is 3.43. The van der Waals surface area contributed by atoms with Crippen molar-refractivity contribution in [1.29, 1.82) is 0 Å². The van der Waals surface area contributed by atoms with Crippen LogP contribution in [0.2, 0.25) is 0 Å². The molecule has 1 aliphatic heterocycles. The van der Waals surface area contributed by atoms with E-state index < -0.39 is 0 Å². The second kappa shape index (κ2) is 9.53. The molecule has 0 amide bonds. The summed E-state index contributed by atoms with van der Waals surface area (Å²) in [5, 5.41) is 0. The SMILES string of the molecule is CCOc1ccc(C(=O)CCN2CCN(Cc3ccccc3)CC2)cc1N. The zero-order chi connectivity index (χ0) is 19.1. The molecule has 2 aromatic rings. The molecule has 0 aliphatic carbocycles. The molecule has 0 bridgehead atoms. The topological polar surface area (TPSA) is 58.8 Å². The Morgan fingerprint density at radius 2 is 1.74 bits per heavy atom. The van der Waals surface area contributed by atoms with Crippen molar-refractivity contribution in [2.24, 2.45) is 0 Å². The lowest BCUT2D eigenvalue weighted by Gasteiger charge is -2.34. The number of nitrogen functional groups attached to an aromatic ring is 1. The number of hydrogen-bond donors (Lipinski definition) is 1. The molecule has 0 aromatic heterocycles. The van der Waals surface area contributed by atoms with Crippen LogP contribution in [0.4, 0.5) is 5.69 Å². The average Bonchev–Trinajstić information content (AvgIpc) is 2.70. The van der Waals surface area contributed by atoms with Gasteiger partial charge in [-0.2, -0.15) is 0 Å². The minimum absolute atomic E-state index is 0.136. The first-order valence-electron chi connectivity index (χ1n) is 9.70. The molecule has 2 aromatic carbocycles. The lowest BCUT2D eigenvalue weighted by molar-refractivity contribution is 0.0922. The van der Waals surface area contributed by atoms with E-state index >= 15 is 0 Å². The lowest BCUT2D eigenvalue weighted by Crippen LogP contribution is -2.46. The van der Waals surface area contributed by atoms with Crippen LogP contribution in [-0.2, 0) is 6.54 Å². The molecule has 0 spiro atoms. The maximum Gasteiger partial charge on any atom is 0.164 e. The molecule has 0 saturated carbocycles. The van der Waals surface area contributed by atoms with Gasteiger partial charge in [-0.05, 0) is 30.7 Å². The Kier molecular flexibility index (Phi) is 6.85. The monoisotopic (exact) mass is 367 g/mol. The third-order valence-corrected chi connectivity index (χ3v) is 5.00. The van der Waals surface area contributed by atoms with Gasteiger partial charge in [0.2, 0.25) is 0 Å². The van der Waals surface area contributed by atoms with Gasteiger partial charge in [0.05, 0.1) is 12.3 Å². The summed E-state index contributed by atoms with van der Waals surface area (Å²) < 4.78 is 5.43. The molecule has 144 valence electrons. The highest BCUT2D eigenvalue weighted by Gasteiger charge is 2.18. The van der Waals surface area contributed by atoms with Crippen molar-refractivity contribution in [3.63, 3.8) is 0 Å². The Bertz CT molecular complexity index is 740. The lowest BCUT2D eigenvalue weighted by atomic mass is 10.1. The van der Waals surface area contributed by atoms with Crippen molar-refractivity contribution in [3.8, 4) is 5.75 Å². The van der Waals surface area contributed by atoms with Gasteiger partial charge in [0, 0.05) is 51.3 Å². The molecule has 1 saturated heterocycles. The van der Waals surface area contributed by atoms with Crippen LogP contribution in [0.3, 0.4) is 0 Å². The van der Waals surface area contributed by atoms with Crippen LogP contribution in [0.25, 0.3) is 0 Å². The Balaban J connectivity index is 1.43. The second-order valence-electron chi connectivity index (χ2n) is 6.96. The van der Waals surface area contributed by atoms with Crippen molar-refractivity contribution >= 4 is 11.5 Å². The first-order valence-corrected chi connectivity index (χ1v) is 9.70. The summed E-state index contributed by atoms with van der Waals surface area (Å²) >= 11 is 0. The second-order valence-corrected chi connectivity index (χ2v) is 6.96. The van der Waals surface area contributed by atoms with Gasteiger partial charge in [0.1, 0.15) is 5.75 Å². The van der Waals surface area contributed by atoms with Crippen LogP contribution in [0.15, 0.2) is 48.5 Å². The molecular weight excluding hydrogens is 338 g/mol. The first-order chi connectivity index (χ1) is 13.2. The maximum atomic E-state index is 12.5. The molecule has 0 radical (unpaired) electrons. The highest BCUT2D eigenvalue weighted by Crippen LogP contribution is 2.23. The number of nitrogens with two attached hydrogens (primary N) is 1. The minimum Gasteiger partial charge on any atom is -0.492 e. The summed E-state index contributed by atoms with van der Waals surface area (Å²) in [6.45, 7) is 8.37. The van der Waals surface area contributed by atoms with E-state index in [1.165, 1.54) is 5.56 Å². The molecule has 1 heterocycles. The predicted molar refractivity (Wildman–Crippen MR) is 109 cm³/mol. The first kappa shape index (κ1) is 19.4. The van der Waals surface area contributed by atoms with Crippen molar-refractivity contribution in [1.82, 2.24) is 9.80 Å². The van der Waals surface area contributed by atoms with Gasteiger partial charge in [-0.25, -0.2) is 0 Å². The number of hydrogen-bond acceptors (Lipinski definition) is 5. The number of piperazine rings is 1. The highest BCUT2D eigenvalue weighted by atomic mass is 16.5. The molecule has 2 N–H and O–H groups in total. The third kappa shape index (κ3) is 5.55. The molecule has 3 rings (SSSR count). The van der Waals surface area contributed by atoms with Crippen LogP contribution >= 0.6 is 0 Å². The number of nitrogens with zero attached hydrogens (tertiary/aromatic N) is 2. The standard InChI is InChI=1S/C22H29N3O2/c1-2-27-22-9-8-19(16-20(22)23)21(26)10-11-24-12-14-25(15-13-24)17-18-6-4-3-5-7-18/h3-9,16H,2,10-15,17,23H2,1H3. The van der Waals surface area contributed by atoms with Crippen LogP contribution < -0.4 is 10.5 Å². The molecule has 27 heavy (non-hydrogen) atoms. The summed E-state index contributed by atoms with van der Waals surface area (Å²) in [5.74, 6) is 0.778. The molecule has 1 fully saturated rings. The van der Waals surface area contributed by atoms with E-state index in [1.54, 1.807) is 12.1 Å². The third-order valence-electron chi connectivity index (χ3n) is 5.00. The van der Waals surface area contributed by atoms with E-state index in [0.29, 0.717) is 30.0 Å². The van der Waals surface area contributed by atoms with Crippen molar-refractivity contribution in [3.05, 3.63) is 59.7 Å². The fraction of sp³-hybridized carbons (Fsp3) is 0.409. The number of ketones is 1. The Morgan fingerprint density at radius 3 is 2.41 bits per heavy atom. The molecule has 0 unspecified atom stereocenters. The normalized spacial score (nSPS) is 15.6. The molecular formula is C22H29N3O2. The number of Topliss-reactive ketones (excluding diaryl/α,β-unsaturated/α-hetero) is 1. The van der Waals surface area contributed by atoms with E-state index in [2.05, 4.69) is 40.1 Å². The summed E-state index contributed by atoms with van der Waals surface area (Å²) in [4.78, 5) is 17.3. The number of ether oxygens (including phenoxy) is 1. The zero-order valence-electron chi connectivity index (χ0n) is 16.1. The zero-order valence-corrected chi connectivity index (χ0v) is 16.1. The van der Waals surface area contributed by atoms with Crippen LogP contribution in [0, 0.1) is 0 Å². The van der Waals surface area contributed by atoms with Gasteiger partial charge in [-0.3, -0.25) is 9.69 Å². The average molecular weight is 367 g/mol. The molecule has 1 aliphatic rings. The fourth-order valence-electron chi connectivity index (χ4n) is 3.43. The number of rotatable bonds is 8. The summed E-state index contributed by atoms with van der Waals surface area (Å²) in [6, 6.07) is 15.9. The number of carbonyl (C=O) groups is 1. The van der Waals surface area contributed by atoms with Crippen LogP contribution in [0.1, 0.15) is 29.3 Å². The van der Waals surface area contributed by atoms with Crippen molar-refractivity contribution < 1.29 is 9.53 Å². The largest absolute Gasteiger partial charge is 0.492 e. The molecule has 5 heteroatoms. The molecule has 5 nitrogen and oxygen atoms in total. The van der Waals surface area contributed by atoms with Gasteiger partial charge >= 0.3 is 0 Å². The van der Waals surface area contributed by atoms with Crippen molar-refractivity contribution in [2.45, 2.75) is 19.9 Å².